The highest BCUT2D eigenvalue weighted by Crippen LogP contribution is 2.44. The summed E-state index contributed by atoms with van der Waals surface area (Å²) in [7, 11) is -1.07. The van der Waals surface area contributed by atoms with Crippen molar-refractivity contribution in [2.45, 2.75) is 45.3 Å². The SMILES string of the molecule is C[Si](C)(C)/C=C1\CC2CCC(=O)C2C1. The predicted octanol–water partition coefficient (Wildman–Crippen LogP) is 3.18. The van der Waals surface area contributed by atoms with Gasteiger partial charge in [0.1, 0.15) is 5.78 Å². The van der Waals surface area contributed by atoms with Crippen molar-refractivity contribution in [1.29, 1.82) is 0 Å². The van der Waals surface area contributed by atoms with Crippen molar-refractivity contribution in [3.05, 3.63) is 11.3 Å². The van der Waals surface area contributed by atoms with Gasteiger partial charge in [0.2, 0.25) is 0 Å². The Balaban J connectivity index is 2.09. The number of allylic oxidation sites excluding steroid dienone is 1. The zero-order valence-electron chi connectivity index (χ0n) is 9.47. The van der Waals surface area contributed by atoms with Crippen molar-refractivity contribution < 1.29 is 4.79 Å². The molecule has 0 N–H and O–H groups in total. The first-order valence-electron chi connectivity index (χ1n) is 5.69. The van der Waals surface area contributed by atoms with Crippen LogP contribution in [0.25, 0.3) is 0 Å². The Hall–Kier alpha value is -0.373. The lowest BCUT2D eigenvalue weighted by Gasteiger charge is -2.11. The molecule has 14 heavy (non-hydrogen) atoms. The number of carbonyl (C=O) groups is 1. The first-order valence-corrected chi connectivity index (χ1v) is 9.27. The van der Waals surface area contributed by atoms with Crippen molar-refractivity contribution in [1.82, 2.24) is 0 Å². The molecule has 2 saturated carbocycles. The van der Waals surface area contributed by atoms with E-state index < -0.39 is 8.07 Å². The van der Waals surface area contributed by atoms with Gasteiger partial charge in [-0.2, -0.15) is 0 Å². The van der Waals surface area contributed by atoms with E-state index in [-0.39, 0.29) is 0 Å². The highest BCUT2D eigenvalue weighted by Gasteiger charge is 2.40. The molecule has 0 heterocycles. The number of Topliss-reactive ketones (excluding diaryl/α,β-unsaturated/α-hetero) is 1. The van der Waals surface area contributed by atoms with Gasteiger partial charge in [-0.05, 0) is 25.2 Å². The fourth-order valence-corrected chi connectivity index (χ4v) is 4.40. The lowest BCUT2D eigenvalue weighted by atomic mass is 10.0. The standard InChI is InChI=1S/C12H20OSi/c1-14(2,3)8-9-6-10-4-5-12(13)11(10)7-9/h8,10-11H,4-7H2,1-3H3/b9-8+. The van der Waals surface area contributed by atoms with Gasteiger partial charge in [-0.25, -0.2) is 0 Å². The molecule has 0 bridgehead atoms. The number of ketones is 1. The second-order valence-electron chi connectivity index (χ2n) is 5.95. The molecule has 2 heteroatoms. The van der Waals surface area contributed by atoms with Crippen molar-refractivity contribution in [2.75, 3.05) is 0 Å². The molecule has 2 aliphatic carbocycles. The summed E-state index contributed by atoms with van der Waals surface area (Å²) in [6.45, 7) is 7.11. The summed E-state index contributed by atoms with van der Waals surface area (Å²) in [4.78, 5) is 11.6. The smallest absolute Gasteiger partial charge is 0.136 e. The Morgan fingerprint density at radius 1 is 1.29 bits per heavy atom. The van der Waals surface area contributed by atoms with Crippen LogP contribution in [0.4, 0.5) is 0 Å². The van der Waals surface area contributed by atoms with E-state index in [1.54, 1.807) is 5.57 Å². The largest absolute Gasteiger partial charge is 0.299 e. The fourth-order valence-electron chi connectivity index (χ4n) is 2.93. The van der Waals surface area contributed by atoms with E-state index in [9.17, 15) is 4.79 Å². The summed E-state index contributed by atoms with van der Waals surface area (Å²) < 4.78 is 0. The minimum Gasteiger partial charge on any atom is -0.299 e. The molecular formula is C12H20OSi. The highest BCUT2D eigenvalue weighted by molar-refractivity contribution is 6.81. The number of hydrogen-bond donors (Lipinski definition) is 0. The molecule has 0 aromatic rings. The average Bonchev–Trinajstić information content (AvgIpc) is 2.51. The predicted molar refractivity (Wildman–Crippen MR) is 61.9 cm³/mol. The summed E-state index contributed by atoms with van der Waals surface area (Å²) in [5.41, 5.74) is 4.10. The van der Waals surface area contributed by atoms with Crippen LogP contribution in [0.1, 0.15) is 25.7 Å². The molecule has 0 spiro atoms. The van der Waals surface area contributed by atoms with Gasteiger partial charge in [-0.1, -0.05) is 30.9 Å². The molecule has 0 amide bonds. The number of carbonyl (C=O) groups excluding carboxylic acids is 1. The first-order chi connectivity index (χ1) is 6.46. The number of fused-ring (bicyclic) bond motifs is 1. The van der Waals surface area contributed by atoms with Gasteiger partial charge < -0.3 is 0 Å². The van der Waals surface area contributed by atoms with Crippen LogP contribution in [0.15, 0.2) is 11.3 Å². The van der Waals surface area contributed by atoms with Crippen LogP contribution in [0.3, 0.4) is 0 Å². The van der Waals surface area contributed by atoms with Crippen LogP contribution in [0.2, 0.25) is 19.6 Å². The Labute approximate surface area is 87.6 Å². The second kappa shape index (κ2) is 3.33. The molecule has 2 aliphatic rings. The van der Waals surface area contributed by atoms with Gasteiger partial charge >= 0.3 is 0 Å². The fraction of sp³-hybridized carbons (Fsp3) is 0.750. The lowest BCUT2D eigenvalue weighted by Crippen LogP contribution is -2.16. The Kier molecular flexibility index (Phi) is 2.42. The van der Waals surface area contributed by atoms with Gasteiger partial charge in [-0.3, -0.25) is 4.79 Å². The quantitative estimate of drug-likeness (QED) is 0.605. The van der Waals surface area contributed by atoms with E-state index in [0.717, 1.165) is 19.3 Å². The van der Waals surface area contributed by atoms with E-state index >= 15 is 0 Å². The molecule has 2 fully saturated rings. The number of hydrogen-bond acceptors (Lipinski definition) is 1. The highest BCUT2D eigenvalue weighted by atomic mass is 28.3. The maximum Gasteiger partial charge on any atom is 0.136 e. The Morgan fingerprint density at radius 3 is 2.57 bits per heavy atom. The van der Waals surface area contributed by atoms with Crippen LogP contribution in [0, 0.1) is 11.8 Å². The van der Waals surface area contributed by atoms with Crippen molar-refractivity contribution in [2.24, 2.45) is 11.8 Å². The van der Waals surface area contributed by atoms with Crippen molar-refractivity contribution in [3.63, 3.8) is 0 Å². The van der Waals surface area contributed by atoms with E-state index in [1.165, 1.54) is 6.42 Å². The monoisotopic (exact) mass is 208 g/mol. The molecule has 0 radical (unpaired) electrons. The van der Waals surface area contributed by atoms with Crippen LogP contribution in [-0.4, -0.2) is 13.9 Å². The van der Waals surface area contributed by atoms with E-state index in [1.807, 2.05) is 0 Å². The van der Waals surface area contributed by atoms with E-state index in [0.29, 0.717) is 17.6 Å². The zero-order chi connectivity index (χ0) is 10.3. The third kappa shape index (κ3) is 2.00. The molecule has 1 nitrogen and oxygen atoms in total. The van der Waals surface area contributed by atoms with Gasteiger partial charge in [-0.15, -0.1) is 0 Å². The summed E-state index contributed by atoms with van der Waals surface area (Å²) >= 11 is 0. The summed E-state index contributed by atoms with van der Waals surface area (Å²) in [5.74, 6) is 1.66. The van der Waals surface area contributed by atoms with Gasteiger partial charge in [0, 0.05) is 12.3 Å². The molecule has 0 saturated heterocycles. The van der Waals surface area contributed by atoms with Crippen LogP contribution < -0.4 is 0 Å². The molecule has 2 rings (SSSR count). The van der Waals surface area contributed by atoms with Crippen LogP contribution in [0.5, 0.6) is 0 Å². The van der Waals surface area contributed by atoms with Crippen molar-refractivity contribution >= 4 is 13.9 Å². The van der Waals surface area contributed by atoms with Crippen LogP contribution >= 0.6 is 0 Å². The van der Waals surface area contributed by atoms with Gasteiger partial charge in [0.25, 0.3) is 0 Å². The van der Waals surface area contributed by atoms with E-state index in [2.05, 4.69) is 25.3 Å². The molecule has 2 unspecified atom stereocenters. The third-order valence-corrected chi connectivity index (χ3v) is 4.66. The molecule has 0 aromatic carbocycles. The molecule has 2 atom stereocenters. The van der Waals surface area contributed by atoms with Gasteiger partial charge in [0.15, 0.2) is 0 Å². The van der Waals surface area contributed by atoms with Crippen molar-refractivity contribution in [3.8, 4) is 0 Å². The molecular weight excluding hydrogens is 188 g/mol. The third-order valence-electron chi connectivity index (χ3n) is 3.39. The average molecular weight is 208 g/mol. The summed E-state index contributed by atoms with van der Waals surface area (Å²) in [6, 6.07) is 0. The number of rotatable bonds is 1. The molecule has 0 aromatic heterocycles. The normalized spacial score (nSPS) is 35.4. The maximum atomic E-state index is 11.6. The Morgan fingerprint density at radius 2 is 2.00 bits per heavy atom. The molecule has 0 aliphatic heterocycles. The Bertz CT molecular complexity index is 285. The summed E-state index contributed by atoms with van der Waals surface area (Å²) in [6.07, 6.45) is 4.33. The van der Waals surface area contributed by atoms with Gasteiger partial charge in [0.05, 0.1) is 8.07 Å². The topological polar surface area (TPSA) is 17.1 Å². The minimum absolute atomic E-state index is 0.414. The van der Waals surface area contributed by atoms with Crippen LogP contribution in [-0.2, 0) is 4.79 Å². The first kappa shape index (κ1) is 10.2. The second-order valence-corrected chi connectivity index (χ2v) is 11.0. The maximum absolute atomic E-state index is 11.6. The minimum atomic E-state index is -1.07. The lowest BCUT2D eigenvalue weighted by molar-refractivity contribution is -0.120. The summed E-state index contributed by atoms with van der Waals surface area (Å²) in [5, 5.41) is 0. The zero-order valence-corrected chi connectivity index (χ0v) is 10.5. The molecule has 78 valence electrons. The van der Waals surface area contributed by atoms with E-state index in [4.69, 9.17) is 0 Å².